The maximum atomic E-state index is 12.5. The summed E-state index contributed by atoms with van der Waals surface area (Å²) in [7, 11) is 0. The Morgan fingerprint density at radius 2 is 1.83 bits per heavy atom. The molecule has 0 saturated carbocycles. The van der Waals surface area contributed by atoms with E-state index in [1.54, 1.807) is 12.1 Å². The Hall–Kier alpha value is -2.89. The average molecular weight is 325 g/mol. The topological polar surface area (TPSA) is 75.5 Å². The smallest absolute Gasteiger partial charge is 0.269 e. The number of piperidine rings is 1. The zero-order valence-corrected chi connectivity index (χ0v) is 13.2. The summed E-state index contributed by atoms with van der Waals surface area (Å²) in [4.78, 5) is 24.9. The number of nitro benzene ring substituents is 1. The molecule has 1 aliphatic rings. The van der Waals surface area contributed by atoms with E-state index in [9.17, 15) is 14.9 Å². The number of non-ortho nitro benzene ring substituents is 1. The molecule has 2 aromatic carbocycles. The van der Waals surface area contributed by atoms with Crippen molar-refractivity contribution >= 4 is 23.0 Å². The van der Waals surface area contributed by atoms with Crippen LogP contribution < -0.4 is 10.2 Å². The molecule has 0 bridgehead atoms. The van der Waals surface area contributed by atoms with Crippen LogP contribution >= 0.6 is 0 Å². The van der Waals surface area contributed by atoms with Gasteiger partial charge in [-0.3, -0.25) is 14.9 Å². The Kier molecular flexibility index (Phi) is 4.74. The van der Waals surface area contributed by atoms with Crippen LogP contribution in [0.4, 0.5) is 17.1 Å². The molecule has 1 saturated heterocycles. The van der Waals surface area contributed by atoms with E-state index >= 15 is 0 Å². The van der Waals surface area contributed by atoms with Crippen LogP contribution in [0.2, 0.25) is 0 Å². The molecule has 1 atom stereocenters. The molecule has 6 heteroatoms. The average Bonchev–Trinajstić information content (AvgIpc) is 2.63. The summed E-state index contributed by atoms with van der Waals surface area (Å²) in [5.74, 6) is -0.0676. The van der Waals surface area contributed by atoms with Gasteiger partial charge in [0.1, 0.15) is 0 Å². The van der Waals surface area contributed by atoms with Gasteiger partial charge in [-0.1, -0.05) is 18.2 Å². The number of carbonyl (C=O) groups excluding carboxylic acids is 1. The number of benzene rings is 2. The van der Waals surface area contributed by atoms with E-state index in [0.717, 1.165) is 30.8 Å². The molecule has 24 heavy (non-hydrogen) atoms. The molecule has 2 aromatic rings. The van der Waals surface area contributed by atoms with E-state index in [2.05, 4.69) is 10.2 Å². The summed E-state index contributed by atoms with van der Waals surface area (Å²) in [6.45, 7) is 1.48. The third kappa shape index (κ3) is 3.71. The molecule has 1 unspecified atom stereocenters. The van der Waals surface area contributed by atoms with Crippen LogP contribution in [0.1, 0.15) is 12.8 Å². The quantitative estimate of drug-likeness (QED) is 0.690. The Labute approximate surface area is 140 Å². The lowest BCUT2D eigenvalue weighted by Crippen LogP contribution is -2.40. The Morgan fingerprint density at radius 1 is 1.12 bits per heavy atom. The van der Waals surface area contributed by atoms with Gasteiger partial charge in [0.05, 0.1) is 10.8 Å². The largest absolute Gasteiger partial charge is 0.371 e. The van der Waals surface area contributed by atoms with Crippen LogP contribution in [-0.2, 0) is 4.79 Å². The van der Waals surface area contributed by atoms with Gasteiger partial charge in [-0.25, -0.2) is 0 Å². The van der Waals surface area contributed by atoms with Gasteiger partial charge in [-0.15, -0.1) is 0 Å². The van der Waals surface area contributed by atoms with Gasteiger partial charge in [0.25, 0.3) is 5.69 Å². The first-order valence-corrected chi connectivity index (χ1v) is 7.99. The molecule has 6 nitrogen and oxygen atoms in total. The second-order valence-corrected chi connectivity index (χ2v) is 5.91. The highest BCUT2D eigenvalue weighted by Crippen LogP contribution is 2.26. The van der Waals surface area contributed by atoms with Crippen molar-refractivity contribution in [2.75, 3.05) is 23.3 Å². The summed E-state index contributed by atoms with van der Waals surface area (Å²) in [6.07, 6.45) is 1.77. The van der Waals surface area contributed by atoms with Crippen molar-refractivity contribution in [3.8, 4) is 0 Å². The van der Waals surface area contributed by atoms with E-state index in [0.29, 0.717) is 6.54 Å². The molecular formula is C18H19N3O3. The van der Waals surface area contributed by atoms with Crippen molar-refractivity contribution in [3.63, 3.8) is 0 Å². The van der Waals surface area contributed by atoms with Crippen LogP contribution in [-0.4, -0.2) is 23.9 Å². The van der Waals surface area contributed by atoms with Crippen molar-refractivity contribution in [3.05, 3.63) is 64.7 Å². The number of nitro groups is 1. The minimum Gasteiger partial charge on any atom is -0.371 e. The van der Waals surface area contributed by atoms with E-state index in [1.165, 1.54) is 12.1 Å². The van der Waals surface area contributed by atoms with Crippen LogP contribution in [0.3, 0.4) is 0 Å². The Balaban J connectivity index is 1.65. The van der Waals surface area contributed by atoms with Crippen LogP contribution in [0.25, 0.3) is 0 Å². The monoisotopic (exact) mass is 325 g/mol. The number of nitrogens with zero attached hydrogens (tertiary/aromatic N) is 2. The Bertz CT molecular complexity index is 716. The number of rotatable bonds is 4. The summed E-state index contributed by atoms with van der Waals surface area (Å²) >= 11 is 0. The molecular weight excluding hydrogens is 306 g/mol. The lowest BCUT2D eigenvalue weighted by molar-refractivity contribution is -0.384. The first-order valence-electron chi connectivity index (χ1n) is 7.99. The highest BCUT2D eigenvalue weighted by atomic mass is 16.6. The second-order valence-electron chi connectivity index (χ2n) is 5.91. The van der Waals surface area contributed by atoms with E-state index in [-0.39, 0.29) is 17.5 Å². The summed E-state index contributed by atoms with van der Waals surface area (Å²) in [6, 6.07) is 15.9. The fraction of sp³-hybridized carbons (Fsp3) is 0.278. The fourth-order valence-corrected chi connectivity index (χ4v) is 2.98. The predicted octanol–water partition coefficient (Wildman–Crippen LogP) is 3.45. The number of nitrogens with one attached hydrogen (secondary N) is 1. The van der Waals surface area contributed by atoms with E-state index in [1.807, 2.05) is 30.3 Å². The first-order chi connectivity index (χ1) is 11.6. The van der Waals surface area contributed by atoms with Gasteiger partial charge in [0, 0.05) is 36.6 Å². The maximum absolute atomic E-state index is 12.5. The molecule has 1 amide bonds. The molecule has 0 aliphatic carbocycles. The molecule has 0 aromatic heterocycles. The normalized spacial score (nSPS) is 17.3. The number of amides is 1. The first kappa shape index (κ1) is 16.0. The van der Waals surface area contributed by atoms with Crippen molar-refractivity contribution in [2.24, 2.45) is 5.92 Å². The van der Waals surface area contributed by atoms with Crippen molar-refractivity contribution in [2.45, 2.75) is 12.8 Å². The van der Waals surface area contributed by atoms with Crippen LogP contribution in [0, 0.1) is 16.0 Å². The van der Waals surface area contributed by atoms with E-state index in [4.69, 9.17) is 0 Å². The molecule has 1 fully saturated rings. The van der Waals surface area contributed by atoms with Crippen LogP contribution in [0.5, 0.6) is 0 Å². The third-order valence-corrected chi connectivity index (χ3v) is 4.26. The fourth-order valence-electron chi connectivity index (χ4n) is 2.98. The zero-order valence-electron chi connectivity index (χ0n) is 13.2. The van der Waals surface area contributed by atoms with Crippen molar-refractivity contribution in [1.29, 1.82) is 0 Å². The number of anilines is 2. The molecule has 0 radical (unpaired) electrons. The van der Waals surface area contributed by atoms with Gasteiger partial charge >= 0.3 is 0 Å². The van der Waals surface area contributed by atoms with Crippen molar-refractivity contribution in [1.82, 2.24) is 0 Å². The van der Waals surface area contributed by atoms with Crippen molar-refractivity contribution < 1.29 is 9.72 Å². The third-order valence-electron chi connectivity index (χ3n) is 4.26. The van der Waals surface area contributed by atoms with Gasteiger partial charge < -0.3 is 10.2 Å². The minimum absolute atomic E-state index is 0.0211. The standard InChI is InChI=1S/C18H19N3O3/c22-18(19-15-6-2-1-3-7-15)14-5-4-12-20(13-14)16-8-10-17(11-9-16)21(23)24/h1-3,6-11,14H,4-5,12-13H2,(H,19,22). The zero-order chi connectivity index (χ0) is 16.9. The SMILES string of the molecule is O=C(Nc1ccccc1)C1CCCN(c2ccc([N+](=O)[O-])cc2)C1. The van der Waals surface area contributed by atoms with E-state index < -0.39 is 4.92 Å². The van der Waals surface area contributed by atoms with Gasteiger partial charge in [0.2, 0.25) is 5.91 Å². The molecule has 3 rings (SSSR count). The second kappa shape index (κ2) is 7.12. The number of hydrogen-bond donors (Lipinski definition) is 1. The summed E-state index contributed by atoms with van der Waals surface area (Å²) in [5.41, 5.74) is 1.79. The maximum Gasteiger partial charge on any atom is 0.269 e. The molecule has 124 valence electrons. The summed E-state index contributed by atoms with van der Waals surface area (Å²) in [5, 5.41) is 13.7. The highest BCUT2D eigenvalue weighted by Gasteiger charge is 2.26. The lowest BCUT2D eigenvalue weighted by Gasteiger charge is -2.33. The van der Waals surface area contributed by atoms with Crippen LogP contribution in [0.15, 0.2) is 54.6 Å². The van der Waals surface area contributed by atoms with Gasteiger partial charge in [-0.2, -0.15) is 0 Å². The molecule has 1 N–H and O–H groups in total. The van der Waals surface area contributed by atoms with Gasteiger partial charge in [0.15, 0.2) is 0 Å². The minimum atomic E-state index is -0.407. The number of para-hydroxylation sites is 1. The number of carbonyl (C=O) groups is 1. The number of hydrogen-bond acceptors (Lipinski definition) is 4. The highest BCUT2D eigenvalue weighted by molar-refractivity contribution is 5.93. The molecule has 0 spiro atoms. The molecule has 1 heterocycles. The Morgan fingerprint density at radius 3 is 2.50 bits per heavy atom. The summed E-state index contributed by atoms with van der Waals surface area (Å²) < 4.78 is 0. The molecule has 1 aliphatic heterocycles. The predicted molar refractivity (Wildman–Crippen MR) is 93.1 cm³/mol. The van der Waals surface area contributed by atoms with Gasteiger partial charge in [-0.05, 0) is 37.1 Å². The lowest BCUT2D eigenvalue weighted by atomic mass is 9.96.